The number of nitrogens with zero attached hydrogens (tertiary/aromatic N) is 1. The van der Waals surface area contributed by atoms with Crippen LogP contribution in [-0.2, 0) is 9.59 Å². The Bertz CT molecular complexity index is 455. The molecule has 0 bridgehead atoms. The molecule has 1 fully saturated rings. The van der Waals surface area contributed by atoms with E-state index in [1.807, 2.05) is 0 Å². The van der Waals surface area contributed by atoms with Gasteiger partial charge in [0.05, 0.1) is 12.8 Å². The molecule has 1 saturated heterocycles. The van der Waals surface area contributed by atoms with Crippen molar-refractivity contribution >= 4 is 23.2 Å². The lowest BCUT2D eigenvalue weighted by Gasteiger charge is -2.26. The van der Waals surface area contributed by atoms with Crippen molar-refractivity contribution < 1.29 is 14.3 Å². The van der Waals surface area contributed by atoms with Crippen LogP contribution in [0.5, 0.6) is 5.75 Å². The number of carbonyl (C=O) groups excluding carboxylic acids is 2. The monoisotopic (exact) mass is 234 g/mol. The van der Waals surface area contributed by atoms with E-state index in [0.29, 0.717) is 36.4 Å². The number of nitrogens with two attached hydrogens (primary N) is 1. The zero-order valence-corrected chi connectivity index (χ0v) is 9.60. The maximum absolute atomic E-state index is 11.8. The number of piperidine rings is 1. The van der Waals surface area contributed by atoms with Crippen molar-refractivity contribution in [2.75, 3.05) is 17.7 Å². The third-order valence-electron chi connectivity index (χ3n) is 2.72. The summed E-state index contributed by atoms with van der Waals surface area (Å²) in [6.45, 7) is 0. The maximum Gasteiger partial charge on any atom is 0.233 e. The summed E-state index contributed by atoms with van der Waals surface area (Å²) in [4.78, 5) is 24.8. The summed E-state index contributed by atoms with van der Waals surface area (Å²) < 4.78 is 5.15. The Balaban J connectivity index is 2.47. The van der Waals surface area contributed by atoms with Gasteiger partial charge in [0, 0.05) is 18.5 Å². The van der Waals surface area contributed by atoms with Gasteiger partial charge in [-0.1, -0.05) is 0 Å². The van der Waals surface area contributed by atoms with Gasteiger partial charge in [-0.2, -0.15) is 0 Å². The first-order valence-electron chi connectivity index (χ1n) is 5.43. The molecule has 0 spiro atoms. The second-order valence-electron chi connectivity index (χ2n) is 3.91. The number of hydrogen-bond donors (Lipinski definition) is 1. The molecule has 5 heteroatoms. The molecule has 1 aliphatic rings. The van der Waals surface area contributed by atoms with E-state index in [0.717, 1.165) is 0 Å². The lowest BCUT2D eigenvalue weighted by Crippen LogP contribution is -2.40. The molecule has 2 amide bonds. The first-order valence-corrected chi connectivity index (χ1v) is 5.43. The van der Waals surface area contributed by atoms with Gasteiger partial charge in [0.1, 0.15) is 5.75 Å². The van der Waals surface area contributed by atoms with Crippen molar-refractivity contribution in [2.45, 2.75) is 19.3 Å². The van der Waals surface area contributed by atoms with Crippen LogP contribution in [0.3, 0.4) is 0 Å². The zero-order chi connectivity index (χ0) is 12.4. The Morgan fingerprint density at radius 2 is 1.88 bits per heavy atom. The Labute approximate surface area is 99.2 Å². The molecule has 0 radical (unpaired) electrons. The fourth-order valence-electron chi connectivity index (χ4n) is 1.90. The summed E-state index contributed by atoms with van der Waals surface area (Å²) in [6.07, 6.45) is 1.37. The number of hydrogen-bond acceptors (Lipinski definition) is 4. The summed E-state index contributed by atoms with van der Waals surface area (Å²) >= 11 is 0. The topological polar surface area (TPSA) is 72.6 Å². The van der Waals surface area contributed by atoms with Gasteiger partial charge in [0.25, 0.3) is 0 Å². The van der Waals surface area contributed by atoms with E-state index < -0.39 is 0 Å². The number of ether oxygens (including phenoxy) is 1. The molecule has 2 rings (SSSR count). The van der Waals surface area contributed by atoms with E-state index in [-0.39, 0.29) is 11.8 Å². The highest BCUT2D eigenvalue weighted by molar-refractivity contribution is 6.17. The van der Waals surface area contributed by atoms with E-state index >= 15 is 0 Å². The SMILES string of the molecule is COc1ccc(N)cc1N1C(=O)CCCC1=O. The van der Waals surface area contributed by atoms with Gasteiger partial charge < -0.3 is 10.5 Å². The van der Waals surface area contributed by atoms with Crippen molar-refractivity contribution in [2.24, 2.45) is 0 Å². The number of imide groups is 1. The molecule has 0 aliphatic carbocycles. The zero-order valence-electron chi connectivity index (χ0n) is 9.60. The predicted octanol–water partition coefficient (Wildman–Crippen LogP) is 1.32. The van der Waals surface area contributed by atoms with Crippen LogP contribution >= 0.6 is 0 Å². The summed E-state index contributed by atoms with van der Waals surface area (Å²) in [7, 11) is 1.49. The third-order valence-corrected chi connectivity index (χ3v) is 2.72. The maximum atomic E-state index is 11.8. The Kier molecular flexibility index (Phi) is 2.99. The molecule has 1 heterocycles. The van der Waals surface area contributed by atoms with Crippen molar-refractivity contribution in [1.82, 2.24) is 0 Å². The fourth-order valence-corrected chi connectivity index (χ4v) is 1.90. The van der Waals surface area contributed by atoms with Crippen molar-refractivity contribution in [1.29, 1.82) is 0 Å². The van der Waals surface area contributed by atoms with Gasteiger partial charge in [0.2, 0.25) is 11.8 Å². The van der Waals surface area contributed by atoms with E-state index in [1.54, 1.807) is 18.2 Å². The van der Waals surface area contributed by atoms with Gasteiger partial charge in [-0.05, 0) is 24.6 Å². The van der Waals surface area contributed by atoms with Gasteiger partial charge in [-0.3, -0.25) is 9.59 Å². The molecule has 0 aromatic heterocycles. The number of methoxy groups -OCH3 is 1. The molecule has 1 aliphatic heterocycles. The molecule has 2 N–H and O–H groups in total. The number of nitrogen functional groups attached to an aromatic ring is 1. The normalized spacial score (nSPS) is 16.2. The molecular weight excluding hydrogens is 220 g/mol. The quantitative estimate of drug-likeness (QED) is 0.618. The van der Waals surface area contributed by atoms with Crippen LogP contribution in [-0.4, -0.2) is 18.9 Å². The van der Waals surface area contributed by atoms with E-state index in [9.17, 15) is 9.59 Å². The van der Waals surface area contributed by atoms with Gasteiger partial charge in [-0.15, -0.1) is 0 Å². The molecule has 17 heavy (non-hydrogen) atoms. The molecule has 1 aromatic rings. The molecular formula is C12H14N2O3. The highest BCUT2D eigenvalue weighted by Crippen LogP contribution is 2.33. The Hall–Kier alpha value is -2.04. The van der Waals surface area contributed by atoms with Crippen LogP contribution in [0.1, 0.15) is 19.3 Å². The van der Waals surface area contributed by atoms with Crippen molar-refractivity contribution in [3.63, 3.8) is 0 Å². The molecule has 0 atom stereocenters. The standard InChI is InChI=1S/C12H14N2O3/c1-17-10-6-5-8(13)7-9(10)14-11(15)3-2-4-12(14)16/h5-7H,2-4,13H2,1H3. The number of rotatable bonds is 2. The summed E-state index contributed by atoms with van der Waals surface area (Å²) in [5.41, 5.74) is 6.60. The molecule has 0 unspecified atom stereocenters. The second-order valence-corrected chi connectivity index (χ2v) is 3.91. The second kappa shape index (κ2) is 4.45. The van der Waals surface area contributed by atoms with Crippen LogP contribution in [0.25, 0.3) is 0 Å². The van der Waals surface area contributed by atoms with Crippen molar-refractivity contribution in [3.05, 3.63) is 18.2 Å². The molecule has 5 nitrogen and oxygen atoms in total. The summed E-state index contributed by atoms with van der Waals surface area (Å²) in [6, 6.07) is 4.90. The number of amides is 2. The molecule has 0 saturated carbocycles. The smallest absolute Gasteiger partial charge is 0.233 e. The van der Waals surface area contributed by atoms with Gasteiger partial charge >= 0.3 is 0 Å². The summed E-state index contributed by atoms with van der Waals surface area (Å²) in [5, 5.41) is 0. The predicted molar refractivity (Wildman–Crippen MR) is 63.8 cm³/mol. The lowest BCUT2D eigenvalue weighted by atomic mass is 10.1. The third kappa shape index (κ3) is 2.08. The number of carbonyl (C=O) groups is 2. The van der Waals surface area contributed by atoms with Crippen LogP contribution in [0.2, 0.25) is 0 Å². The Morgan fingerprint density at radius 1 is 1.24 bits per heavy atom. The lowest BCUT2D eigenvalue weighted by molar-refractivity contribution is -0.129. The minimum Gasteiger partial charge on any atom is -0.495 e. The average Bonchev–Trinajstić information content (AvgIpc) is 2.29. The molecule has 90 valence electrons. The van der Waals surface area contributed by atoms with Crippen molar-refractivity contribution in [3.8, 4) is 5.75 Å². The van der Waals surface area contributed by atoms with Crippen LogP contribution < -0.4 is 15.4 Å². The number of anilines is 2. The van der Waals surface area contributed by atoms with Gasteiger partial charge in [-0.25, -0.2) is 4.90 Å². The van der Waals surface area contributed by atoms with E-state index in [4.69, 9.17) is 10.5 Å². The largest absolute Gasteiger partial charge is 0.495 e. The van der Waals surface area contributed by atoms with E-state index in [1.165, 1.54) is 12.0 Å². The summed E-state index contributed by atoms with van der Waals surface area (Å²) in [5.74, 6) is 0.0677. The van der Waals surface area contributed by atoms with E-state index in [2.05, 4.69) is 0 Å². The van der Waals surface area contributed by atoms with Gasteiger partial charge in [0.15, 0.2) is 0 Å². The average molecular weight is 234 g/mol. The highest BCUT2D eigenvalue weighted by atomic mass is 16.5. The van der Waals surface area contributed by atoms with Crippen LogP contribution in [0.15, 0.2) is 18.2 Å². The number of benzene rings is 1. The highest BCUT2D eigenvalue weighted by Gasteiger charge is 2.29. The minimum absolute atomic E-state index is 0.204. The van der Waals surface area contributed by atoms with Crippen LogP contribution in [0, 0.1) is 0 Å². The first-order chi connectivity index (χ1) is 8.13. The molecule has 1 aromatic carbocycles. The first kappa shape index (κ1) is 11.4. The van der Waals surface area contributed by atoms with Crippen LogP contribution in [0.4, 0.5) is 11.4 Å². The Morgan fingerprint density at radius 3 is 2.47 bits per heavy atom. The fraction of sp³-hybridized carbons (Fsp3) is 0.333. The minimum atomic E-state index is -0.204.